The first-order valence-corrected chi connectivity index (χ1v) is 8.47. The van der Waals surface area contributed by atoms with Gasteiger partial charge < -0.3 is 5.32 Å². The third-order valence-electron chi connectivity index (χ3n) is 4.35. The summed E-state index contributed by atoms with van der Waals surface area (Å²) < 4.78 is 1.89. The molecule has 7 nitrogen and oxygen atoms in total. The minimum Gasteiger partial charge on any atom is -0.377 e. The zero-order chi connectivity index (χ0) is 19.6. The Morgan fingerprint density at radius 3 is 2.44 bits per heavy atom. The molecule has 3 aromatic rings. The second kappa shape index (κ2) is 7.30. The molecule has 0 aliphatic heterocycles. The predicted octanol–water partition coefficient (Wildman–Crippen LogP) is 4.44. The molecule has 2 aromatic carbocycles. The largest absolute Gasteiger partial charge is 0.377 e. The summed E-state index contributed by atoms with van der Waals surface area (Å²) in [7, 11) is 0. The van der Waals surface area contributed by atoms with Crippen molar-refractivity contribution < 1.29 is 4.92 Å². The maximum atomic E-state index is 10.9. The van der Waals surface area contributed by atoms with E-state index < -0.39 is 4.92 Å². The summed E-state index contributed by atoms with van der Waals surface area (Å²) in [6, 6.07) is 16.2. The third kappa shape index (κ3) is 3.80. The van der Waals surface area contributed by atoms with E-state index in [1.54, 1.807) is 6.07 Å². The first-order valence-electron chi connectivity index (χ1n) is 8.47. The molecule has 0 aliphatic rings. The van der Waals surface area contributed by atoms with E-state index in [1.165, 1.54) is 12.1 Å². The molecule has 1 heterocycles. The fourth-order valence-electron chi connectivity index (χ4n) is 2.98. The smallest absolute Gasteiger partial charge is 0.270 e. The summed E-state index contributed by atoms with van der Waals surface area (Å²) in [6.45, 7) is 5.94. The van der Waals surface area contributed by atoms with Crippen molar-refractivity contribution in [1.82, 2.24) is 9.78 Å². The van der Waals surface area contributed by atoms with Crippen LogP contribution < -0.4 is 5.32 Å². The Balaban J connectivity index is 1.81. The van der Waals surface area contributed by atoms with Gasteiger partial charge in [0.15, 0.2) is 0 Å². The van der Waals surface area contributed by atoms with Crippen molar-refractivity contribution in [1.29, 1.82) is 5.26 Å². The lowest BCUT2D eigenvalue weighted by Gasteiger charge is -2.17. The lowest BCUT2D eigenvalue weighted by atomic mass is 10.1. The monoisotopic (exact) mass is 361 g/mol. The van der Waals surface area contributed by atoms with Crippen LogP contribution in [0.1, 0.15) is 35.5 Å². The van der Waals surface area contributed by atoms with Gasteiger partial charge in [0, 0.05) is 23.9 Å². The summed E-state index contributed by atoms with van der Waals surface area (Å²) in [5.74, 6) is 0. The number of hydrogen-bond acceptors (Lipinski definition) is 5. The number of rotatable bonds is 5. The van der Waals surface area contributed by atoms with E-state index in [9.17, 15) is 15.4 Å². The SMILES string of the molecule is Cc1cc(C)n(-c2ccc(C(C)Nc3ccc([N+](=O)[O-])cc3C#N)cc2)n1. The van der Waals surface area contributed by atoms with E-state index in [2.05, 4.69) is 10.4 Å². The van der Waals surface area contributed by atoms with Gasteiger partial charge in [-0.2, -0.15) is 10.4 Å². The van der Waals surface area contributed by atoms with Gasteiger partial charge in [0.25, 0.3) is 5.69 Å². The number of anilines is 1. The molecule has 1 N–H and O–H groups in total. The van der Waals surface area contributed by atoms with E-state index in [0.29, 0.717) is 5.69 Å². The summed E-state index contributed by atoms with van der Waals surface area (Å²) in [5, 5.41) is 27.9. The number of hydrogen-bond donors (Lipinski definition) is 1. The molecule has 0 saturated heterocycles. The van der Waals surface area contributed by atoms with Crippen LogP contribution in [-0.4, -0.2) is 14.7 Å². The molecule has 0 aliphatic carbocycles. The Morgan fingerprint density at radius 2 is 1.89 bits per heavy atom. The van der Waals surface area contributed by atoms with Gasteiger partial charge in [-0.1, -0.05) is 12.1 Å². The number of benzene rings is 2. The quantitative estimate of drug-likeness (QED) is 0.535. The number of nitro groups is 1. The Kier molecular flexibility index (Phi) is 4.90. The number of non-ortho nitro benzene ring substituents is 1. The fourth-order valence-corrected chi connectivity index (χ4v) is 2.98. The minimum atomic E-state index is -0.508. The van der Waals surface area contributed by atoms with Crippen molar-refractivity contribution in [2.45, 2.75) is 26.8 Å². The van der Waals surface area contributed by atoms with Gasteiger partial charge in [0.1, 0.15) is 6.07 Å². The molecule has 1 atom stereocenters. The highest BCUT2D eigenvalue weighted by molar-refractivity contribution is 5.62. The van der Waals surface area contributed by atoms with Crippen LogP contribution in [0, 0.1) is 35.3 Å². The summed E-state index contributed by atoms with van der Waals surface area (Å²) >= 11 is 0. The number of aromatic nitrogens is 2. The molecule has 1 aromatic heterocycles. The van der Waals surface area contributed by atoms with Crippen molar-refractivity contribution in [3.8, 4) is 11.8 Å². The van der Waals surface area contributed by atoms with Gasteiger partial charge in [-0.15, -0.1) is 0 Å². The van der Waals surface area contributed by atoms with E-state index in [4.69, 9.17) is 0 Å². The Hall–Kier alpha value is -3.66. The van der Waals surface area contributed by atoms with Gasteiger partial charge in [-0.05, 0) is 50.6 Å². The van der Waals surface area contributed by atoms with Crippen molar-refractivity contribution in [3.05, 3.63) is 81.2 Å². The molecule has 0 bridgehead atoms. The molecular formula is C20H19N5O2. The molecule has 27 heavy (non-hydrogen) atoms. The van der Waals surface area contributed by atoms with Gasteiger partial charge in [0.2, 0.25) is 0 Å². The van der Waals surface area contributed by atoms with Crippen LogP contribution >= 0.6 is 0 Å². The second-order valence-electron chi connectivity index (χ2n) is 6.40. The number of nitrogens with one attached hydrogen (secondary N) is 1. The van der Waals surface area contributed by atoms with E-state index in [-0.39, 0.29) is 17.3 Å². The second-order valence-corrected chi connectivity index (χ2v) is 6.40. The Morgan fingerprint density at radius 1 is 1.19 bits per heavy atom. The lowest BCUT2D eigenvalue weighted by molar-refractivity contribution is -0.384. The van der Waals surface area contributed by atoms with Gasteiger partial charge in [-0.25, -0.2) is 4.68 Å². The molecule has 0 fully saturated rings. The Labute approximate surface area is 157 Å². The van der Waals surface area contributed by atoms with Crippen molar-refractivity contribution in [2.24, 2.45) is 0 Å². The highest BCUT2D eigenvalue weighted by Gasteiger charge is 2.13. The molecule has 7 heteroatoms. The first kappa shape index (κ1) is 18.1. The number of nitrogens with zero attached hydrogens (tertiary/aromatic N) is 4. The van der Waals surface area contributed by atoms with Crippen molar-refractivity contribution in [2.75, 3.05) is 5.32 Å². The number of aryl methyl sites for hydroxylation is 2. The first-order chi connectivity index (χ1) is 12.9. The van der Waals surface area contributed by atoms with Gasteiger partial charge >= 0.3 is 0 Å². The maximum Gasteiger partial charge on any atom is 0.270 e. The highest BCUT2D eigenvalue weighted by atomic mass is 16.6. The molecule has 3 rings (SSSR count). The number of nitro benzene ring substituents is 1. The highest BCUT2D eigenvalue weighted by Crippen LogP contribution is 2.26. The van der Waals surface area contributed by atoms with Crippen LogP contribution in [0.3, 0.4) is 0 Å². The average Bonchev–Trinajstić information content (AvgIpc) is 3.00. The van der Waals surface area contributed by atoms with Crippen LogP contribution in [-0.2, 0) is 0 Å². The Bertz CT molecular complexity index is 1030. The summed E-state index contributed by atoms with van der Waals surface area (Å²) in [4.78, 5) is 10.4. The number of nitriles is 1. The fraction of sp³-hybridized carbons (Fsp3) is 0.200. The molecular weight excluding hydrogens is 342 g/mol. The summed E-state index contributed by atoms with van der Waals surface area (Å²) in [5.41, 5.74) is 4.75. The summed E-state index contributed by atoms with van der Waals surface area (Å²) in [6.07, 6.45) is 0. The van der Waals surface area contributed by atoms with Gasteiger partial charge in [-0.3, -0.25) is 10.1 Å². The molecule has 0 amide bonds. The van der Waals surface area contributed by atoms with E-state index in [0.717, 1.165) is 22.6 Å². The van der Waals surface area contributed by atoms with Crippen LogP contribution in [0.2, 0.25) is 0 Å². The normalized spacial score (nSPS) is 11.6. The van der Waals surface area contributed by atoms with Crippen LogP contribution in [0.4, 0.5) is 11.4 Å². The van der Waals surface area contributed by atoms with Crippen LogP contribution in [0.15, 0.2) is 48.5 Å². The topological polar surface area (TPSA) is 96.8 Å². The minimum absolute atomic E-state index is 0.0759. The molecule has 0 spiro atoms. The van der Waals surface area contributed by atoms with E-state index >= 15 is 0 Å². The van der Waals surface area contributed by atoms with Crippen LogP contribution in [0.5, 0.6) is 0 Å². The molecule has 136 valence electrons. The van der Waals surface area contributed by atoms with Crippen molar-refractivity contribution in [3.63, 3.8) is 0 Å². The zero-order valence-corrected chi connectivity index (χ0v) is 15.3. The lowest BCUT2D eigenvalue weighted by Crippen LogP contribution is -2.08. The molecule has 0 saturated carbocycles. The van der Waals surface area contributed by atoms with E-state index in [1.807, 2.05) is 61.9 Å². The van der Waals surface area contributed by atoms with Crippen molar-refractivity contribution >= 4 is 11.4 Å². The average molecular weight is 361 g/mol. The van der Waals surface area contributed by atoms with Gasteiger partial charge in [0.05, 0.1) is 27.6 Å². The maximum absolute atomic E-state index is 10.9. The molecule has 1 unspecified atom stereocenters. The third-order valence-corrected chi connectivity index (χ3v) is 4.35. The molecule has 0 radical (unpaired) electrons. The zero-order valence-electron chi connectivity index (χ0n) is 15.3. The standard InChI is InChI=1S/C20H19N5O2/c1-13-10-14(2)24(23-13)18-6-4-16(5-7-18)15(3)22-20-9-8-19(25(26)27)11-17(20)12-21/h4-11,15,22H,1-3H3. The van der Waals surface area contributed by atoms with Crippen LogP contribution in [0.25, 0.3) is 5.69 Å². The predicted molar refractivity (Wildman–Crippen MR) is 103 cm³/mol.